The molecule has 0 nitrogen and oxygen atoms in total. The molecule has 0 spiro atoms. The van der Waals surface area contributed by atoms with Gasteiger partial charge in [-0.3, -0.25) is 0 Å². The number of hydrogen-bond donors (Lipinski definition) is 0. The fourth-order valence-corrected chi connectivity index (χ4v) is 1.56. The standard InChI is InChI=1S/C4H7BrClI/c5-2-1-4(6)3-7/h4H,1-3H2. The normalized spacial score (nSPS) is 14.1. The minimum atomic E-state index is 0.361. The summed E-state index contributed by atoms with van der Waals surface area (Å²) in [5, 5.41) is 1.38. The van der Waals surface area contributed by atoms with Crippen molar-refractivity contribution < 1.29 is 0 Å². The maximum Gasteiger partial charge on any atom is 0.0433 e. The van der Waals surface area contributed by atoms with Crippen molar-refractivity contribution in [1.82, 2.24) is 0 Å². The molecule has 0 bridgehead atoms. The molecule has 0 aliphatic carbocycles. The largest absolute Gasteiger partial charge is 0.122 e. The van der Waals surface area contributed by atoms with E-state index < -0.39 is 0 Å². The smallest absolute Gasteiger partial charge is 0.0433 e. The molecule has 0 aromatic carbocycles. The van der Waals surface area contributed by atoms with E-state index >= 15 is 0 Å². The highest BCUT2D eigenvalue weighted by atomic mass is 127. The first-order valence-corrected chi connectivity index (χ1v) is 5.15. The molecule has 0 heterocycles. The zero-order chi connectivity index (χ0) is 5.70. The quantitative estimate of drug-likeness (QED) is 0.555. The highest BCUT2D eigenvalue weighted by Gasteiger charge is 1.97. The lowest BCUT2D eigenvalue weighted by Gasteiger charge is -1.97. The Labute approximate surface area is 71.3 Å². The van der Waals surface area contributed by atoms with Gasteiger partial charge in [-0.2, -0.15) is 0 Å². The van der Waals surface area contributed by atoms with Crippen LogP contribution in [0.25, 0.3) is 0 Å². The van der Waals surface area contributed by atoms with Crippen molar-refractivity contribution in [2.24, 2.45) is 0 Å². The lowest BCUT2D eigenvalue weighted by atomic mass is 10.4. The Morgan fingerprint density at radius 2 is 2.29 bits per heavy atom. The first-order chi connectivity index (χ1) is 3.31. The van der Waals surface area contributed by atoms with E-state index in [2.05, 4.69) is 38.5 Å². The molecule has 0 N–H and O–H groups in total. The molecule has 1 atom stereocenters. The molecule has 0 radical (unpaired) electrons. The molecule has 0 fully saturated rings. The lowest BCUT2D eigenvalue weighted by molar-refractivity contribution is 0.934. The van der Waals surface area contributed by atoms with Gasteiger partial charge in [0.15, 0.2) is 0 Å². The second kappa shape index (κ2) is 5.63. The van der Waals surface area contributed by atoms with Crippen LogP contribution < -0.4 is 0 Å². The van der Waals surface area contributed by atoms with Crippen molar-refractivity contribution in [1.29, 1.82) is 0 Å². The van der Waals surface area contributed by atoms with Crippen molar-refractivity contribution in [3.05, 3.63) is 0 Å². The first-order valence-electron chi connectivity index (χ1n) is 2.07. The van der Waals surface area contributed by atoms with Crippen molar-refractivity contribution in [2.75, 3.05) is 9.76 Å². The van der Waals surface area contributed by atoms with Crippen LogP contribution in [0.5, 0.6) is 0 Å². The van der Waals surface area contributed by atoms with Crippen LogP contribution in [-0.2, 0) is 0 Å². The van der Waals surface area contributed by atoms with Crippen LogP contribution in [-0.4, -0.2) is 15.1 Å². The van der Waals surface area contributed by atoms with Crippen LogP contribution in [0.1, 0.15) is 6.42 Å². The maximum absolute atomic E-state index is 5.73. The van der Waals surface area contributed by atoms with Gasteiger partial charge in [-0.15, -0.1) is 11.6 Å². The third kappa shape index (κ3) is 5.37. The minimum Gasteiger partial charge on any atom is -0.122 e. The topological polar surface area (TPSA) is 0 Å². The van der Waals surface area contributed by atoms with Crippen LogP contribution in [0.2, 0.25) is 0 Å². The zero-order valence-electron chi connectivity index (χ0n) is 3.83. The first kappa shape index (κ1) is 8.50. The SMILES string of the molecule is ClC(CI)CCBr. The molecule has 0 amide bonds. The van der Waals surface area contributed by atoms with Crippen LogP contribution in [0.4, 0.5) is 0 Å². The van der Waals surface area contributed by atoms with Gasteiger partial charge in [0.25, 0.3) is 0 Å². The summed E-state index contributed by atoms with van der Waals surface area (Å²) in [6, 6.07) is 0. The number of halogens is 3. The molecule has 0 rings (SSSR count). The van der Waals surface area contributed by atoms with Gasteiger partial charge < -0.3 is 0 Å². The number of hydrogen-bond acceptors (Lipinski definition) is 0. The summed E-state index contributed by atoms with van der Waals surface area (Å²) in [7, 11) is 0. The summed E-state index contributed by atoms with van der Waals surface area (Å²) < 4.78 is 1.05. The number of alkyl halides is 3. The molecule has 0 saturated carbocycles. The summed E-state index contributed by atoms with van der Waals surface area (Å²) in [6.45, 7) is 0. The van der Waals surface area contributed by atoms with Gasteiger partial charge in [-0.05, 0) is 6.42 Å². The van der Waals surface area contributed by atoms with Crippen LogP contribution >= 0.6 is 50.1 Å². The summed E-state index contributed by atoms with van der Waals surface area (Å²) in [4.78, 5) is 0. The molecular formula is C4H7BrClI. The second-order valence-electron chi connectivity index (χ2n) is 1.23. The minimum absolute atomic E-state index is 0.361. The summed E-state index contributed by atoms with van der Waals surface area (Å²) >= 11 is 11.3. The highest BCUT2D eigenvalue weighted by Crippen LogP contribution is 2.06. The van der Waals surface area contributed by atoms with Gasteiger partial charge in [-0.1, -0.05) is 38.5 Å². The molecular weight excluding hydrogens is 290 g/mol. The molecule has 0 aliphatic rings. The third-order valence-corrected chi connectivity index (χ3v) is 3.00. The van der Waals surface area contributed by atoms with Crippen molar-refractivity contribution in [3.63, 3.8) is 0 Å². The van der Waals surface area contributed by atoms with Crippen molar-refractivity contribution >= 4 is 50.1 Å². The van der Waals surface area contributed by atoms with Gasteiger partial charge in [-0.25, -0.2) is 0 Å². The Hall–Kier alpha value is 1.50. The molecule has 3 heteroatoms. The summed E-state index contributed by atoms with van der Waals surface area (Å²) in [6.07, 6.45) is 1.07. The van der Waals surface area contributed by atoms with Gasteiger partial charge in [0.1, 0.15) is 0 Å². The van der Waals surface area contributed by atoms with Crippen molar-refractivity contribution in [3.8, 4) is 0 Å². The van der Waals surface area contributed by atoms with Gasteiger partial charge in [0.2, 0.25) is 0 Å². The van der Waals surface area contributed by atoms with Gasteiger partial charge >= 0.3 is 0 Å². The molecule has 44 valence electrons. The fourth-order valence-electron chi connectivity index (χ4n) is 0.196. The molecule has 1 unspecified atom stereocenters. The van der Waals surface area contributed by atoms with Crippen LogP contribution in [0.15, 0.2) is 0 Å². The van der Waals surface area contributed by atoms with Gasteiger partial charge in [0.05, 0.1) is 0 Å². The van der Waals surface area contributed by atoms with E-state index in [9.17, 15) is 0 Å². The zero-order valence-corrected chi connectivity index (χ0v) is 8.33. The fraction of sp³-hybridized carbons (Fsp3) is 1.00. The second-order valence-corrected chi connectivity index (χ2v) is 3.52. The predicted molar refractivity (Wildman–Crippen MR) is 46.9 cm³/mol. The van der Waals surface area contributed by atoms with Crippen molar-refractivity contribution in [2.45, 2.75) is 11.8 Å². The van der Waals surface area contributed by atoms with Crippen LogP contribution in [0.3, 0.4) is 0 Å². The van der Waals surface area contributed by atoms with E-state index in [4.69, 9.17) is 11.6 Å². The van der Waals surface area contributed by atoms with Crippen LogP contribution in [0, 0.1) is 0 Å². The molecule has 0 aromatic heterocycles. The average Bonchev–Trinajstić information content (AvgIpc) is 1.68. The Morgan fingerprint density at radius 3 is 2.43 bits per heavy atom. The van der Waals surface area contributed by atoms with E-state index in [1.54, 1.807) is 0 Å². The Bertz CT molecular complexity index is 42.7. The molecule has 0 aromatic rings. The summed E-state index contributed by atoms with van der Waals surface area (Å²) in [5.41, 5.74) is 0. The summed E-state index contributed by atoms with van der Waals surface area (Å²) in [5.74, 6) is 0. The Morgan fingerprint density at radius 1 is 1.71 bits per heavy atom. The van der Waals surface area contributed by atoms with Gasteiger partial charge in [0, 0.05) is 15.1 Å². The Kier molecular flexibility index (Phi) is 6.84. The highest BCUT2D eigenvalue weighted by molar-refractivity contribution is 14.1. The molecule has 0 saturated heterocycles. The molecule has 7 heavy (non-hydrogen) atoms. The van der Waals surface area contributed by atoms with E-state index in [1.807, 2.05) is 0 Å². The average molecular weight is 297 g/mol. The predicted octanol–water partition coefficient (Wildman–Crippen LogP) is 2.81. The lowest BCUT2D eigenvalue weighted by Crippen LogP contribution is -1.98. The monoisotopic (exact) mass is 296 g/mol. The number of rotatable bonds is 3. The maximum atomic E-state index is 5.73. The Balaban J connectivity index is 2.83. The van der Waals surface area contributed by atoms with E-state index in [-0.39, 0.29) is 0 Å². The van der Waals surface area contributed by atoms with E-state index in [0.29, 0.717) is 5.38 Å². The van der Waals surface area contributed by atoms with E-state index in [0.717, 1.165) is 16.2 Å². The molecule has 0 aliphatic heterocycles. The third-order valence-electron chi connectivity index (χ3n) is 0.590. The van der Waals surface area contributed by atoms with E-state index in [1.165, 1.54) is 0 Å².